The van der Waals surface area contributed by atoms with Gasteiger partial charge in [-0.15, -0.1) is 0 Å². The minimum Gasteiger partial charge on any atom is -0.483 e. The van der Waals surface area contributed by atoms with Crippen LogP contribution >= 0.6 is 0 Å². The number of carbonyl (C=O) groups excluding carboxylic acids is 1. The van der Waals surface area contributed by atoms with Gasteiger partial charge in [-0.05, 0) is 56.0 Å². The summed E-state index contributed by atoms with van der Waals surface area (Å²) in [6.45, 7) is 8.68. The number of amides is 1. The van der Waals surface area contributed by atoms with E-state index in [1.54, 1.807) is 0 Å². The van der Waals surface area contributed by atoms with Gasteiger partial charge < -0.3 is 10.1 Å². The zero-order valence-corrected chi connectivity index (χ0v) is 13.7. The Balaban J connectivity index is 1.86. The van der Waals surface area contributed by atoms with E-state index < -0.39 is 0 Å². The average molecular weight is 297 g/mol. The molecule has 0 saturated heterocycles. The molecule has 0 aliphatic rings. The molecule has 0 heterocycles. The lowest BCUT2D eigenvalue weighted by molar-refractivity contribution is -0.123. The normalized spacial score (nSPS) is 10.4. The molecule has 0 atom stereocenters. The Morgan fingerprint density at radius 3 is 2.36 bits per heavy atom. The van der Waals surface area contributed by atoms with E-state index in [9.17, 15) is 4.79 Å². The zero-order chi connectivity index (χ0) is 16.1. The quantitative estimate of drug-likeness (QED) is 0.915. The van der Waals surface area contributed by atoms with Gasteiger partial charge in [0.05, 0.1) is 0 Å². The minimum absolute atomic E-state index is 0.0373. The van der Waals surface area contributed by atoms with Crippen molar-refractivity contribution in [3.05, 3.63) is 64.2 Å². The number of ether oxygens (including phenoxy) is 1. The predicted octanol–water partition coefficient (Wildman–Crippen LogP) is 3.62. The molecule has 3 nitrogen and oxygen atoms in total. The fourth-order valence-corrected chi connectivity index (χ4v) is 2.25. The first-order chi connectivity index (χ1) is 10.5. The Hall–Kier alpha value is -2.29. The molecule has 1 N–H and O–H groups in total. The Bertz CT molecular complexity index is 660. The number of nitrogens with one attached hydrogen (secondary N) is 1. The molecule has 0 radical (unpaired) electrons. The molecule has 0 saturated carbocycles. The number of benzene rings is 2. The van der Waals surface area contributed by atoms with Crippen LogP contribution in [0.15, 0.2) is 36.4 Å². The molecule has 0 aromatic heterocycles. The van der Waals surface area contributed by atoms with E-state index in [-0.39, 0.29) is 12.5 Å². The predicted molar refractivity (Wildman–Crippen MR) is 89.2 cm³/mol. The highest BCUT2D eigenvalue weighted by atomic mass is 16.5. The van der Waals surface area contributed by atoms with Crippen LogP contribution in [0.5, 0.6) is 5.75 Å². The van der Waals surface area contributed by atoms with Crippen molar-refractivity contribution in [1.29, 1.82) is 0 Å². The highest BCUT2D eigenvalue weighted by molar-refractivity contribution is 5.77. The van der Waals surface area contributed by atoms with Crippen molar-refractivity contribution in [2.24, 2.45) is 0 Å². The topological polar surface area (TPSA) is 38.3 Å². The lowest BCUT2D eigenvalue weighted by atomic mass is 10.1. The summed E-state index contributed by atoms with van der Waals surface area (Å²) in [7, 11) is 0. The van der Waals surface area contributed by atoms with Crippen molar-refractivity contribution in [3.8, 4) is 5.75 Å². The van der Waals surface area contributed by atoms with Crippen molar-refractivity contribution in [3.63, 3.8) is 0 Å². The first-order valence-corrected chi connectivity index (χ1v) is 7.48. The Kier molecular flexibility index (Phi) is 5.21. The number of rotatable bonds is 5. The second-order valence-corrected chi connectivity index (χ2v) is 5.76. The van der Waals surface area contributed by atoms with Crippen LogP contribution in [-0.2, 0) is 11.3 Å². The van der Waals surface area contributed by atoms with Gasteiger partial charge >= 0.3 is 0 Å². The van der Waals surface area contributed by atoms with E-state index in [0.717, 1.165) is 22.4 Å². The molecule has 0 fully saturated rings. The highest BCUT2D eigenvalue weighted by Gasteiger charge is 2.07. The summed E-state index contributed by atoms with van der Waals surface area (Å²) in [6, 6.07) is 12.2. The molecule has 116 valence electrons. The molecular weight excluding hydrogens is 274 g/mol. The van der Waals surface area contributed by atoms with E-state index in [4.69, 9.17) is 4.74 Å². The maximum atomic E-state index is 11.9. The van der Waals surface area contributed by atoms with Crippen LogP contribution in [0, 0.1) is 27.7 Å². The van der Waals surface area contributed by atoms with Crippen LogP contribution in [0.25, 0.3) is 0 Å². The van der Waals surface area contributed by atoms with Gasteiger partial charge in [-0.1, -0.05) is 35.9 Å². The van der Waals surface area contributed by atoms with E-state index in [1.807, 2.05) is 58.0 Å². The fraction of sp³-hybridized carbons (Fsp3) is 0.316. The van der Waals surface area contributed by atoms with Gasteiger partial charge in [0, 0.05) is 6.54 Å². The molecule has 1 amide bonds. The van der Waals surface area contributed by atoms with Crippen molar-refractivity contribution >= 4 is 5.91 Å². The summed E-state index contributed by atoms with van der Waals surface area (Å²) >= 11 is 0. The molecule has 0 bridgehead atoms. The van der Waals surface area contributed by atoms with Gasteiger partial charge in [-0.3, -0.25) is 4.79 Å². The summed E-state index contributed by atoms with van der Waals surface area (Å²) in [5, 5.41) is 2.87. The van der Waals surface area contributed by atoms with E-state index in [0.29, 0.717) is 6.54 Å². The number of hydrogen-bond acceptors (Lipinski definition) is 2. The maximum absolute atomic E-state index is 11.9. The monoisotopic (exact) mass is 297 g/mol. The number of aryl methyl sites for hydroxylation is 3. The van der Waals surface area contributed by atoms with Gasteiger partial charge in [0.15, 0.2) is 6.61 Å². The lowest BCUT2D eigenvalue weighted by Crippen LogP contribution is -2.28. The van der Waals surface area contributed by atoms with Crippen molar-refractivity contribution in [1.82, 2.24) is 5.32 Å². The third-order valence-corrected chi connectivity index (χ3v) is 3.73. The molecule has 0 aliphatic heterocycles. The first-order valence-electron chi connectivity index (χ1n) is 7.48. The third-order valence-electron chi connectivity index (χ3n) is 3.73. The Labute approximate surface area is 132 Å². The van der Waals surface area contributed by atoms with Crippen molar-refractivity contribution < 1.29 is 9.53 Å². The number of carbonyl (C=O) groups is 1. The van der Waals surface area contributed by atoms with Gasteiger partial charge in [0.1, 0.15) is 5.75 Å². The number of hydrogen-bond donors (Lipinski definition) is 1. The lowest BCUT2D eigenvalue weighted by Gasteiger charge is -2.12. The summed E-state index contributed by atoms with van der Waals surface area (Å²) in [6.07, 6.45) is 0. The second-order valence-electron chi connectivity index (χ2n) is 5.76. The van der Waals surface area contributed by atoms with Gasteiger partial charge in [-0.2, -0.15) is 0 Å². The highest BCUT2D eigenvalue weighted by Crippen LogP contribution is 2.23. The zero-order valence-electron chi connectivity index (χ0n) is 13.7. The molecule has 0 spiro atoms. The Morgan fingerprint density at radius 1 is 1.00 bits per heavy atom. The van der Waals surface area contributed by atoms with Crippen molar-refractivity contribution in [2.75, 3.05) is 6.61 Å². The summed E-state index contributed by atoms with van der Waals surface area (Å²) < 4.78 is 5.66. The molecule has 2 aromatic carbocycles. The third kappa shape index (κ3) is 4.35. The summed E-state index contributed by atoms with van der Waals surface area (Å²) in [4.78, 5) is 11.9. The summed E-state index contributed by atoms with van der Waals surface area (Å²) in [5.41, 5.74) is 5.69. The molecule has 2 aromatic rings. The van der Waals surface area contributed by atoms with Crippen LogP contribution in [0.1, 0.15) is 27.8 Å². The van der Waals surface area contributed by atoms with Crippen LogP contribution in [0.4, 0.5) is 0 Å². The van der Waals surface area contributed by atoms with Crippen LogP contribution < -0.4 is 10.1 Å². The van der Waals surface area contributed by atoms with Crippen LogP contribution in [-0.4, -0.2) is 12.5 Å². The van der Waals surface area contributed by atoms with Gasteiger partial charge in [0.25, 0.3) is 5.91 Å². The molecule has 3 heteroatoms. The molecule has 0 aliphatic carbocycles. The van der Waals surface area contributed by atoms with Gasteiger partial charge in [-0.25, -0.2) is 0 Å². The Morgan fingerprint density at radius 2 is 1.68 bits per heavy atom. The van der Waals surface area contributed by atoms with Crippen LogP contribution in [0.2, 0.25) is 0 Å². The largest absolute Gasteiger partial charge is 0.483 e. The van der Waals surface area contributed by atoms with Gasteiger partial charge in [0.2, 0.25) is 0 Å². The molecule has 2 rings (SSSR count). The van der Waals surface area contributed by atoms with Crippen LogP contribution in [0.3, 0.4) is 0 Å². The van der Waals surface area contributed by atoms with E-state index in [1.165, 1.54) is 11.1 Å². The van der Waals surface area contributed by atoms with Crippen molar-refractivity contribution in [2.45, 2.75) is 34.2 Å². The maximum Gasteiger partial charge on any atom is 0.258 e. The van der Waals surface area contributed by atoms with E-state index in [2.05, 4.69) is 11.4 Å². The molecule has 22 heavy (non-hydrogen) atoms. The van der Waals surface area contributed by atoms with E-state index >= 15 is 0 Å². The summed E-state index contributed by atoms with van der Waals surface area (Å²) in [5.74, 6) is 0.669. The SMILES string of the molecule is Cc1ccc(CNC(=O)COc2cc(C)cc(C)c2C)cc1. The average Bonchev–Trinajstić information content (AvgIpc) is 2.49. The first kappa shape index (κ1) is 16.1. The molecular formula is C19H23NO2. The standard InChI is InChI=1S/C19H23NO2/c1-13-5-7-17(8-6-13)11-20-19(21)12-22-18-10-14(2)9-15(3)16(18)4/h5-10H,11-12H2,1-4H3,(H,20,21). The fourth-order valence-electron chi connectivity index (χ4n) is 2.25. The smallest absolute Gasteiger partial charge is 0.258 e. The second kappa shape index (κ2) is 7.12. The molecule has 0 unspecified atom stereocenters. The minimum atomic E-state index is -0.112.